The summed E-state index contributed by atoms with van der Waals surface area (Å²) >= 11 is 0. The summed E-state index contributed by atoms with van der Waals surface area (Å²) in [7, 11) is 3.36. The van der Waals surface area contributed by atoms with Crippen molar-refractivity contribution in [2.75, 3.05) is 25.5 Å². The Labute approximate surface area is 82.3 Å². The molecule has 0 unspecified atom stereocenters. The Balaban J connectivity index is 3.26. The Morgan fingerprint density at radius 3 is 2.29 bits per heavy atom. The molecule has 0 heterocycles. The van der Waals surface area contributed by atoms with Gasteiger partial charge in [-0.15, -0.1) is 0 Å². The highest BCUT2D eigenvalue weighted by Gasteiger charge is 2.14. The third kappa shape index (κ3) is 2.01. The molecule has 2 nitrogen and oxygen atoms in total. The molecule has 0 aromatic heterocycles. The molecule has 0 spiro atoms. The van der Waals surface area contributed by atoms with Gasteiger partial charge in [-0.2, -0.15) is 0 Å². The lowest BCUT2D eigenvalue weighted by Crippen LogP contribution is -2.16. The van der Waals surface area contributed by atoms with E-state index in [1.165, 1.54) is 0 Å². The number of hydrogen-bond acceptors (Lipinski definition) is 2. The number of nitrogens with zero attached hydrogens (tertiary/aromatic N) is 1. The van der Waals surface area contributed by atoms with Crippen LogP contribution in [0.25, 0.3) is 0 Å². The first-order chi connectivity index (χ1) is 6.57. The van der Waals surface area contributed by atoms with Crippen LogP contribution in [-0.4, -0.2) is 20.6 Å². The lowest BCUT2D eigenvalue weighted by molar-refractivity contribution is 0.584. The number of hydrogen-bond donors (Lipinski definition) is 1. The van der Waals surface area contributed by atoms with E-state index in [9.17, 15) is 8.78 Å². The topological polar surface area (TPSA) is 29.3 Å². The first-order valence-electron chi connectivity index (χ1n) is 4.42. The molecule has 4 heteroatoms. The number of halogens is 2. The average Bonchev–Trinajstić information content (AvgIpc) is 2.11. The first kappa shape index (κ1) is 10.9. The van der Waals surface area contributed by atoms with Gasteiger partial charge in [0, 0.05) is 19.7 Å². The van der Waals surface area contributed by atoms with Crippen LogP contribution in [0.15, 0.2) is 12.1 Å². The van der Waals surface area contributed by atoms with E-state index in [1.54, 1.807) is 19.0 Å². The standard InChI is InChI=1S/C10H14F2N2/c1-14(2)10-7(5-6-13)8(11)3-4-9(10)12/h3-4H,5-6,13H2,1-2H3. The van der Waals surface area contributed by atoms with Gasteiger partial charge in [0.1, 0.15) is 11.6 Å². The van der Waals surface area contributed by atoms with E-state index in [-0.39, 0.29) is 5.69 Å². The van der Waals surface area contributed by atoms with Crippen molar-refractivity contribution in [1.82, 2.24) is 0 Å². The van der Waals surface area contributed by atoms with Gasteiger partial charge in [-0.1, -0.05) is 0 Å². The van der Waals surface area contributed by atoms with E-state index in [0.29, 0.717) is 18.5 Å². The molecule has 0 aliphatic carbocycles. The highest BCUT2D eigenvalue weighted by molar-refractivity contribution is 5.54. The lowest BCUT2D eigenvalue weighted by atomic mass is 10.1. The minimum absolute atomic E-state index is 0.287. The van der Waals surface area contributed by atoms with Crippen molar-refractivity contribution in [3.05, 3.63) is 29.3 Å². The monoisotopic (exact) mass is 200 g/mol. The van der Waals surface area contributed by atoms with Crippen molar-refractivity contribution in [3.8, 4) is 0 Å². The van der Waals surface area contributed by atoms with E-state index in [4.69, 9.17) is 5.73 Å². The van der Waals surface area contributed by atoms with E-state index in [0.717, 1.165) is 12.1 Å². The third-order valence-corrected chi connectivity index (χ3v) is 2.02. The Kier molecular flexibility index (Phi) is 3.41. The Hall–Kier alpha value is -1.16. The number of nitrogens with two attached hydrogens (primary N) is 1. The Bertz CT molecular complexity index is 324. The SMILES string of the molecule is CN(C)c1c(F)ccc(F)c1CCN. The maximum atomic E-state index is 13.4. The summed E-state index contributed by atoms with van der Waals surface area (Å²) in [4.78, 5) is 1.56. The molecule has 1 rings (SSSR count). The van der Waals surface area contributed by atoms with Crippen LogP contribution in [0.4, 0.5) is 14.5 Å². The molecule has 0 bridgehead atoms. The van der Waals surface area contributed by atoms with Crippen molar-refractivity contribution in [2.24, 2.45) is 5.73 Å². The van der Waals surface area contributed by atoms with Crippen LogP contribution in [0.2, 0.25) is 0 Å². The Morgan fingerprint density at radius 1 is 1.21 bits per heavy atom. The maximum absolute atomic E-state index is 13.4. The normalized spacial score (nSPS) is 10.4. The molecule has 0 fully saturated rings. The molecule has 0 radical (unpaired) electrons. The molecule has 0 saturated carbocycles. The van der Waals surface area contributed by atoms with Crippen molar-refractivity contribution < 1.29 is 8.78 Å². The molecular weight excluding hydrogens is 186 g/mol. The largest absolute Gasteiger partial charge is 0.375 e. The van der Waals surface area contributed by atoms with Crippen LogP contribution < -0.4 is 10.6 Å². The summed E-state index contributed by atoms with van der Waals surface area (Å²) in [5.41, 5.74) is 5.97. The zero-order valence-electron chi connectivity index (χ0n) is 8.35. The highest BCUT2D eigenvalue weighted by Crippen LogP contribution is 2.25. The van der Waals surface area contributed by atoms with Gasteiger partial charge in [0.25, 0.3) is 0 Å². The third-order valence-electron chi connectivity index (χ3n) is 2.02. The minimum Gasteiger partial charge on any atom is -0.375 e. The summed E-state index contributed by atoms with van der Waals surface area (Å²) in [6.07, 6.45) is 0.344. The van der Waals surface area contributed by atoms with Crippen LogP contribution in [0.3, 0.4) is 0 Å². The average molecular weight is 200 g/mol. The number of benzene rings is 1. The molecule has 1 aromatic rings. The molecule has 1 aromatic carbocycles. The van der Waals surface area contributed by atoms with Gasteiger partial charge in [0.15, 0.2) is 0 Å². The van der Waals surface area contributed by atoms with Crippen molar-refractivity contribution in [1.29, 1.82) is 0 Å². The van der Waals surface area contributed by atoms with Crippen LogP contribution in [0.5, 0.6) is 0 Å². The summed E-state index contributed by atoms with van der Waals surface area (Å²) in [5.74, 6) is -0.819. The highest BCUT2D eigenvalue weighted by atomic mass is 19.1. The van der Waals surface area contributed by atoms with Gasteiger partial charge < -0.3 is 10.6 Å². The Morgan fingerprint density at radius 2 is 1.79 bits per heavy atom. The van der Waals surface area contributed by atoms with Gasteiger partial charge in [-0.05, 0) is 25.1 Å². The number of rotatable bonds is 3. The fourth-order valence-corrected chi connectivity index (χ4v) is 1.45. The quantitative estimate of drug-likeness (QED) is 0.801. The van der Waals surface area contributed by atoms with Gasteiger partial charge in [-0.3, -0.25) is 0 Å². The van der Waals surface area contributed by atoms with E-state index >= 15 is 0 Å². The maximum Gasteiger partial charge on any atom is 0.146 e. The van der Waals surface area contributed by atoms with E-state index in [1.807, 2.05) is 0 Å². The van der Waals surface area contributed by atoms with Gasteiger partial charge in [0.05, 0.1) is 5.69 Å². The smallest absolute Gasteiger partial charge is 0.146 e. The summed E-state index contributed by atoms with van der Waals surface area (Å²) in [5, 5.41) is 0. The summed E-state index contributed by atoms with van der Waals surface area (Å²) in [6.45, 7) is 0.307. The predicted molar refractivity (Wildman–Crippen MR) is 53.4 cm³/mol. The first-order valence-corrected chi connectivity index (χ1v) is 4.42. The molecule has 0 amide bonds. The van der Waals surface area contributed by atoms with Gasteiger partial charge >= 0.3 is 0 Å². The molecule has 0 aliphatic heterocycles. The fraction of sp³-hybridized carbons (Fsp3) is 0.400. The zero-order chi connectivity index (χ0) is 10.7. The minimum atomic E-state index is -0.417. The van der Waals surface area contributed by atoms with Crippen molar-refractivity contribution >= 4 is 5.69 Å². The second-order valence-electron chi connectivity index (χ2n) is 3.29. The predicted octanol–water partition coefficient (Wildman–Crippen LogP) is 1.53. The van der Waals surface area contributed by atoms with Gasteiger partial charge in [0.2, 0.25) is 0 Å². The zero-order valence-corrected chi connectivity index (χ0v) is 8.35. The molecular formula is C10H14F2N2. The molecule has 0 atom stereocenters. The van der Waals surface area contributed by atoms with Gasteiger partial charge in [-0.25, -0.2) is 8.78 Å². The van der Waals surface area contributed by atoms with Crippen LogP contribution in [0, 0.1) is 11.6 Å². The van der Waals surface area contributed by atoms with Crippen LogP contribution >= 0.6 is 0 Å². The van der Waals surface area contributed by atoms with Crippen LogP contribution in [0.1, 0.15) is 5.56 Å². The molecule has 2 N–H and O–H groups in total. The molecule has 0 aliphatic rings. The second kappa shape index (κ2) is 4.37. The molecule has 0 saturated heterocycles. The molecule has 78 valence electrons. The van der Waals surface area contributed by atoms with Crippen molar-refractivity contribution in [3.63, 3.8) is 0 Å². The van der Waals surface area contributed by atoms with Crippen molar-refractivity contribution in [2.45, 2.75) is 6.42 Å². The van der Waals surface area contributed by atoms with E-state index in [2.05, 4.69) is 0 Å². The second-order valence-corrected chi connectivity index (χ2v) is 3.29. The van der Waals surface area contributed by atoms with Crippen LogP contribution in [-0.2, 0) is 6.42 Å². The summed E-state index contributed by atoms with van der Waals surface area (Å²) < 4.78 is 26.7. The molecule has 14 heavy (non-hydrogen) atoms. The van der Waals surface area contributed by atoms with E-state index < -0.39 is 11.6 Å². The summed E-state index contributed by atoms with van der Waals surface area (Å²) in [6, 6.07) is 2.26. The fourth-order valence-electron chi connectivity index (χ4n) is 1.45. The lowest BCUT2D eigenvalue weighted by Gasteiger charge is -2.18. The number of anilines is 1.